The first kappa shape index (κ1) is 20.6. The van der Waals surface area contributed by atoms with Gasteiger partial charge in [0.1, 0.15) is 4.75 Å². The average Bonchev–Trinajstić information content (AvgIpc) is 2.91. The topological polar surface area (TPSA) is 76.2 Å². The molecule has 1 saturated heterocycles. The molecule has 1 unspecified atom stereocenters. The van der Waals surface area contributed by atoms with Crippen molar-refractivity contribution in [3.63, 3.8) is 0 Å². The molecule has 0 bridgehead atoms. The third-order valence-electron chi connectivity index (χ3n) is 5.98. The zero-order valence-electron chi connectivity index (χ0n) is 17.0. The second-order valence-corrected chi connectivity index (χ2v) is 10.9. The van der Waals surface area contributed by atoms with Crippen molar-refractivity contribution in [2.75, 3.05) is 20.1 Å². The smallest absolute Gasteiger partial charge is 0.220 e. The van der Waals surface area contributed by atoms with Crippen molar-refractivity contribution in [3.05, 3.63) is 34.9 Å². The summed E-state index contributed by atoms with van der Waals surface area (Å²) in [6.45, 7) is 8.07. The van der Waals surface area contributed by atoms with Gasteiger partial charge in [-0.1, -0.05) is 18.2 Å². The van der Waals surface area contributed by atoms with E-state index in [9.17, 15) is 9.35 Å². The van der Waals surface area contributed by atoms with Crippen LogP contribution in [0.5, 0.6) is 0 Å². The zero-order valence-corrected chi connectivity index (χ0v) is 17.8. The van der Waals surface area contributed by atoms with Gasteiger partial charge >= 0.3 is 0 Å². The van der Waals surface area contributed by atoms with Crippen LogP contribution in [0.4, 0.5) is 0 Å². The lowest BCUT2D eigenvalue weighted by Gasteiger charge is -2.40. The van der Waals surface area contributed by atoms with Gasteiger partial charge in [0.15, 0.2) is 0 Å². The van der Waals surface area contributed by atoms with Crippen LogP contribution in [0.25, 0.3) is 0 Å². The van der Waals surface area contributed by atoms with Crippen molar-refractivity contribution >= 4 is 17.3 Å². The number of hydrogen-bond donors (Lipinski definition) is 3. The summed E-state index contributed by atoms with van der Waals surface area (Å²) in [5.74, 6) is 0.0637. The molecule has 0 radical (unpaired) electrons. The van der Waals surface area contributed by atoms with Crippen LogP contribution in [0.3, 0.4) is 0 Å². The minimum absolute atomic E-state index is 0.0637. The van der Waals surface area contributed by atoms with Crippen LogP contribution in [0.2, 0.25) is 0 Å². The van der Waals surface area contributed by atoms with Gasteiger partial charge in [0, 0.05) is 30.2 Å². The molecule has 1 amide bonds. The molecule has 2 atom stereocenters. The van der Waals surface area contributed by atoms with Crippen LogP contribution in [-0.4, -0.2) is 35.3 Å². The molecule has 3 rings (SSSR count). The van der Waals surface area contributed by atoms with Gasteiger partial charge in [-0.05, 0) is 76.2 Å². The first-order chi connectivity index (χ1) is 12.7. The minimum atomic E-state index is -1.12. The van der Waals surface area contributed by atoms with Crippen LogP contribution in [0, 0.1) is 5.41 Å². The lowest BCUT2D eigenvalue weighted by molar-refractivity contribution is -0.120. The number of rotatable bonds is 5. The fraction of sp³-hybridized carbons (Fsp3) is 0.667. The molecule has 0 saturated carbocycles. The number of carbonyl (C=O) groups is 1. The monoisotopic (exact) mass is 391 g/mol. The van der Waals surface area contributed by atoms with Crippen molar-refractivity contribution < 1.29 is 9.35 Å². The number of fused-ring (bicyclic) bond motifs is 1. The highest BCUT2D eigenvalue weighted by Crippen LogP contribution is 2.52. The Labute approximate surface area is 166 Å². The Bertz CT molecular complexity index is 680. The Morgan fingerprint density at radius 2 is 2.04 bits per heavy atom. The highest BCUT2D eigenvalue weighted by atomic mass is 32.2. The molecule has 1 fully saturated rings. The molecule has 1 aromatic carbocycles. The van der Waals surface area contributed by atoms with Gasteiger partial charge in [0.05, 0.1) is 6.04 Å². The number of nitrogens with one attached hydrogen (secondary N) is 3. The van der Waals surface area contributed by atoms with Gasteiger partial charge in [-0.3, -0.25) is 4.79 Å². The molecule has 6 heteroatoms. The number of carbonyl (C=O) groups excluding carboxylic acids is 1. The molecule has 1 spiro atoms. The van der Waals surface area contributed by atoms with Crippen LogP contribution in [0.1, 0.15) is 62.8 Å². The van der Waals surface area contributed by atoms with Crippen LogP contribution in [-0.2, 0) is 29.0 Å². The Morgan fingerprint density at radius 3 is 2.67 bits per heavy atom. The Hall–Kier alpha value is -1.08. The molecule has 150 valence electrons. The molecule has 1 aliphatic heterocycles. The molecule has 2 aliphatic rings. The highest BCUT2D eigenvalue weighted by Gasteiger charge is 2.49. The van der Waals surface area contributed by atoms with Crippen LogP contribution in [0.15, 0.2) is 18.2 Å². The first-order valence-electron chi connectivity index (χ1n) is 9.96. The maximum atomic E-state index is 12.9. The van der Waals surface area contributed by atoms with Gasteiger partial charge in [-0.2, -0.15) is 0 Å². The van der Waals surface area contributed by atoms with E-state index in [1.165, 1.54) is 16.7 Å². The summed E-state index contributed by atoms with van der Waals surface area (Å²) in [5, 5.41) is 6.16. The number of piperidine rings is 1. The molecule has 3 N–H and O–H groups in total. The number of benzene rings is 1. The molecule has 0 aromatic heterocycles. The Morgan fingerprint density at radius 1 is 1.33 bits per heavy atom. The predicted octanol–water partition coefficient (Wildman–Crippen LogP) is 2.38. The molecule has 27 heavy (non-hydrogen) atoms. The normalized spacial score (nSPS) is 22.5. The molecular formula is C21H33N3O2S. The lowest BCUT2D eigenvalue weighted by atomic mass is 9.73. The van der Waals surface area contributed by atoms with Crippen molar-refractivity contribution in [3.8, 4) is 0 Å². The van der Waals surface area contributed by atoms with Crippen LogP contribution < -0.4 is 15.4 Å². The number of hydrogen-bond acceptors (Lipinski definition) is 4. The van der Waals surface area contributed by atoms with E-state index in [1.54, 1.807) is 7.05 Å². The largest absolute Gasteiger partial charge is 0.598 e. The molecule has 1 aliphatic carbocycles. The fourth-order valence-corrected chi connectivity index (χ4v) is 5.23. The van der Waals surface area contributed by atoms with Crippen LogP contribution >= 0.6 is 0 Å². The third-order valence-corrected chi connectivity index (χ3v) is 7.54. The summed E-state index contributed by atoms with van der Waals surface area (Å²) in [7, 11) is 1.67. The van der Waals surface area contributed by atoms with E-state index in [0.717, 1.165) is 38.8 Å². The SMILES string of the molecule is CNC(=O)CCc1ccc2c(c1)[C@@H](N[S+]([O-])C(C)(C)C)C1(CCNCC1)C2. The van der Waals surface area contributed by atoms with E-state index in [-0.39, 0.29) is 22.1 Å². The Balaban J connectivity index is 1.88. The lowest BCUT2D eigenvalue weighted by Crippen LogP contribution is -2.48. The number of aryl methyl sites for hydroxylation is 1. The second kappa shape index (κ2) is 8.11. The summed E-state index contributed by atoms with van der Waals surface area (Å²) in [5.41, 5.74) is 3.96. The highest BCUT2D eigenvalue weighted by molar-refractivity contribution is 7.90. The predicted molar refractivity (Wildman–Crippen MR) is 111 cm³/mol. The van der Waals surface area contributed by atoms with Crippen molar-refractivity contribution in [1.82, 2.24) is 15.4 Å². The summed E-state index contributed by atoms with van der Waals surface area (Å²) in [6, 6.07) is 6.72. The summed E-state index contributed by atoms with van der Waals surface area (Å²) in [6.07, 6.45) is 4.45. The maximum absolute atomic E-state index is 12.9. The van der Waals surface area contributed by atoms with Gasteiger partial charge in [-0.25, -0.2) is 0 Å². The average molecular weight is 392 g/mol. The van der Waals surface area contributed by atoms with Gasteiger partial charge in [-0.15, -0.1) is 4.72 Å². The van der Waals surface area contributed by atoms with Crippen molar-refractivity contribution in [1.29, 1.82) is 0 Å². The maximum Gasteiger partial charge on any atom is 0.220 e. The first-order valence-corrected chi connectivity index (χ1v) is 11.1. The molecular weight excluding hydrogens is 358 g/mol. The molecule has 1 aromatic rings. The van der Waals surface area contributed by atoms with Crippen molar-refractivity contribution in [2.24, 2.45) is 5.41 Å². The summed E-state index contributed by atoms with van der Waals surface area (Å²) < 4.78 is 16.1. The van der Waals surface area contributed by atoms with Gasteiger partial charge < -0.3 is 15.2 Å². The molecule has 1 heterocycles. The van der Waals surface area contributed by atoms with E-state index in [0.29, 0.717) is 6.42 Å². The van der Waals surface area contributed by atoms with E-state index >= 15 is 0 Å². The van der Waals surface area contributed by atoms with E-state index in [2.05, 4.69) is 33.6 Å². The second-order valence-electron chi connectivity index (χ2n) is 8.93. The molecule has 5 nitrogen and oxygen atoms in total. The zero-order chi connectivity index (χ0) is 19.7. The summed E-state index contributed by atoms with van der Waals surface area (Å²) in [4.78, 5) is 11.6. The van der Waals surface area contributed by atoms with E-state index in [1.807, 2.05) is 20.8 Å². The van der Waals surface area contributed by atoms with E-state index in [4.69, 9.17) is 0 Å². The summed E-state index contributed by atoms with van der Waals surface area (Å²) >= 11 is -1.12. The van der Waals surface area contributed by atoms with Crippen molar-refractivity contribution in [2.45, 2.75) is 63.7 Å². The van der Waals surface area contributed by atoms with Gasteiger partial charge in [0.25, 0.3) is 0 Å². The fourth-order valence-electron chi connectivity index (χ4n) is 4.29. The third kappa shape index (κ3) is 4.50. The minimum Gasteiger partial charge on any atom is -0.598 e. The number of amides is 1. The quantitative estimate of drug-likeness (QED) is 0.674. The standard InChI is InChI=1S/C21H33N3O2S/c1-20(2,3)27(26)24-19-17-13-15(6-8-18(25)22-4)5-7-16(17)14-21(19)9-11-23-12-10-21/h5,7,13,19,23-24H,6,8-12,14H2,1-4H3,(H,22,25)/t19-,27?/m1/s1. The van der Waals surface area contributed by atoms with Gasteiger partial charge in [0.2, 0.25) is 5.91 Å². The Kier molecular flexibility index (Phi) is 6.21. The van der Waals surface area contributed by atoms with E-state index < -0.39 is 11.4 Å².